The molecule has 0 spiro atoms. The maximum Gasteiger partial charge on any atom is 0.266 e. The number of hydrogen-bond donors (Lipinski definition) is 0. The molecule has 1 heterocycles. The Hall–Kier alpha value is -2.11. The van der Waals surface area contributed by atoms with Crippen molar-refractivity contribution in [2.75, 3.05) is 18.0 Å². The second kappa shape index (κ2) is 8.72. The van der Waals surface area contributed by atoms with E-state index in [1.54, 1.807) is 4.90 Å². The average molecular weight is 397 g/mol. The summed E-state index contributed by atoms with van der Waals surface area (Å²) in [4.78, 5) is 17.6. The highest BCUT2D eigenvalue weighted by atomic mass is 32.2. The van der Waals surface area contributed by atoms with Crippen LogP contribution in [0.4, 0.5) is 5.69 Å². The third kappa shape index (κ3) is 4.25. The van der Waals surface area contributed by atoms with E-state index >= 15 is 0 Å². The number of rotatable bonds is 6. The van der Waals surface area contributed by atoms with Gasteiger partial charge in [0.2, 0.25) is 0 Å². The first-order valence-corrected chi connectivity index (χ1v) is 10.4. The predicted molar refractivity (Wildman–Crippen MR) is 120 cm³/mol. The molecule has 1 aliphatic heterocycles. The van der Waals surface area contributed by atoms with E-state index in [0.717, 1.165) is 24.2 Å². The zero-order valence-corrected chi connectivity index (χ0v) is 17.5. The molecule has 0 bridgehead atoms. The van der Waals surface area contributed by atoms with Gasteiger partial charge in [0, 0.05) is 18.8 Å². The van der Waals surface area contributed by atoms with Crippen molar-refractivity contribution in [2.45, 2.75) is 26.8 Å². The number of carbonyl (C=O) groups is 1. The topological polar surface area (TPSA) is 23.6 Å². The number of thiocarbonyl (C=S) groups is 1. The highest BCUT2D eigenvalue weighted by Gasteiger charge is 2.35. The van der Waals surface area contributed by atoms with E-state index in [0.29, 0.717) is 9.23 Å². The van der Waals surface area contributed by atoms with Gasteiger partial charge in [0.25, 0.3) is 5.91 Å². The molecule has 3 rings (SSSR count). The highest BCUT2D eigenvalue weighted by Crippen LogP contribution is 2.38. The van der Waals surface area contributed by atoms with Gasteiger partial charge in [-0.05, 0) is 50.1 Å². The number of nitrogens with zero attached hydrogens (tertiary/aromatic N) is 2. The number of thioether (sulfide) groups is 1. The van der Waals surface area contributed by atoms with Crippen molar-refractivity contribution < 1.29 is 4.79 Å². The van der Waals surface area contributed by atoms with Crippen LogP contribution < -0.4 is 4.90 Å². The summed E-state index contributed by atoms with van der Waals surface area (Å²) in [5.74, 6) is -0.0193. The number of amides is 1. The first-order valence-electron chi connectivity index (χ1n) is 9.22. The SMILES string of the molecule is CCN(CC)c1ccc(/C=C2\SC(=S)N(C(C)c3ccccc3)C2=O)cc1. The van der Waals surface area contributed by atoms with E-state index < -0.39 is 0 Å². The molecule has 2 aromatic carbocycles. The van der Waals surface area contributed by atoms with Gasteiger partial charge in [-0.25, -0.2) is 0 Å². The van der Waals surface area contributed by atoms with Gasteiger partial charge in [-0.3, -0.25) is 9.69 Å². The summed E-state index contributed by atoms with van der Waals surface area (Å²) in [6, 6.07) is 18.2. The van der Waals surface area contributed by atoms with Crippen LogP contribution in [0, 0.1) is 0 Å². The van der Waals surface area contributed by atoms with E-state index in [9.17, 15) is 4.79 Å². The van der Waals surface area contributed by atoms with E-state index in [4.69, 9.17) is 12.2 Å². The maximum absolute atomic E-state index is 12.9. The van der Waals surface area contributed by atoms with Crippen LogP contribution in [0.15, 0.2) is 59.5 Å². The van der Waals surface area contributed by atoms with Gasteiger partial charge >= 0.3 is 0 Å². The molecule has 0 aliphatic carbocycles. The second-order valence-electron chi connectivity index (χ2n) is 6.40. The van der Waals surface area contributed by atoms with Crippen LogP contribution in [0.5, 0.6) is 0 Å². The minimum atomic E-state index is -0.0744. The standard InChI is InChI=1S/C22H24N2OS2/c1-4-23(5-2)19-13-11-17(12-14-19)15-20-21(25)24(22(26)27-20)16(3)18-9-7-6-8-10-18/h6-16H,4-5H2,1-3H3/b20-15-. The summed E-state index contributed by atoms with van der Waals surface area (Å²) < 4.78 is 0.613. The molecule has 0 N–H and O–H groups in total. The van der Waals surface area contributed by atoms with Crippen LogP contribution in [0.3, 0.4) is 0 Å². The fraction of sp³-hybridized carbons (Fsp3) is 0.273. The van der Waals surface area contributed by atoms with Crippen LogP contribution in [0.1, 0.15) is 37.9 Å². The average Bonchev–Trinajstić information content (AvgIpc) is 2.97. The van der Waals surface area contributed by atoms with Crippen molar-refractivity contribution in [3.8, 4) is 0 Å². The Morgan fingerprint density at radius 2 is 1.70 bits per heavy atom. The number of benzene rings is 2. The van der Waals surface area contributed by atoms with Crippen molar-refractivity contribution in [3.63, 3.8) is 0 Å². The summed E-state index contributed by atoms with van der Waals surface area (Å²) in [7, 11) is 0. The van der Waals surface area contributed by atoms with Gasteiger partial charge in [-0.2, -0.15) is 0 Å². The van der Waals surface area contributed by atoms with Gasteiger partial charge < -0.3 is 4.90 Å². The number of anilines is 1. The molecule has 1 aliphatic rings. The van der Waals surface area contributed by atoms with Crippen molar-refractivity contribution in [1.29, 1.82) is 0 Å². The molecule has 5 heteroatoms. The fourth-order valence-electron chi connectivity index (χ4n) is 3.22. The van der Waals surface area contributed by atoms with Crippen LogP contribution in [0.25, 0.3) is 6.08 Å². The molecule has 0 radical (unpaired) electrons. The van der Waals surface area contributed by atoms with Crippen molar-refractivity contribution >= 4 is 46.0 Å². The van der Waals surface area contributed by atoms with Crippen molar-refractivity contribution in [3.05, 3.63) is 70.6 Å². The molecular weight excluding hydrogens is 372 g/mol. The van der Waals surface area contributed by atoms with Crippen LogP contribution in [-0.2, 0) is 4.79 Å². The monoisotopic (exact) mass is 396 g/mol. The second-order valence-corrected chi connectivity index (χ2v) is 8.08. The molecule has 1 saturated heterocycles. The first-order chi connectivity index (χ1) is 13.0. The Morgan fingerprint density at radius 1 is 1.07 bits per heavy atom. The van der Waals surface area contributed by atoms with Gasteiger partial charge in [0.1, 0.15) is 4.32 Å². The molecule has 27 heavy (non-hydrogen) atoms. The largest absolute Gasteiger partial charge is 0.372 e. The van der Waals surface area contributed by atoms with E-state index in [1.165, 1.54) is 17.4 Å². The van der Waals surface area contributed by atoms with Gasteiger partial charge in [0.05, 0.1) is 10.9 Å². The Labute approximate surface area is 171 Å². The lowest BCUT2D eigenvalue weighted by atomic mass is 10.1. The molecule has 2 aromatic rings. The third-order valence-corrected chi connectivity index (χ3v) is 6.14. The molecule has 1 unspecified atom stereocenters. The van der Waals surface area contributed by atoms with E-state index in [-0.39, 0.29) is 11.9 Å². The maximum atomic E-state index is 12.9. The third-order valence-electron chi connectivity index (χ3n) is 4.81. The smallest absolute Gasteiger partial charge is 0.266 e. The molecule has 1 fully saturated rings. The molecule has 3 nitrogen and oxygen atoms in total. The highest BCUT2D eigenvalue weighted by molar-refractivity contribution is 8.26. The molecule has 1 amide bonds. The van der Waals surface area contributed by atoms with E-state index in [2.05, 4.69) is 43.0 Å². The lowest BCUT2D eigenvalue weighted by Gasteiger charge is -2.23. The Balaban J connectivity index is 1.80. The number of carbonyl (C=O) groups excluding carboxylic acids is 1. The quantitative estimate of drug-likeness (QED) is 0.475. The van der Waals surface area contributed by atoms with Gasteiger partial charge in [0.15, 0.2) is 0 Å². The molecule has 1 atom stereocenters. The number of hydrogen-bond acceptors (Lipinski definition) is 4. The summed E-state index contributed by atoms with van der Waals surface area (Å²) in [5.41, 5.74) is 3.29. The minimum Gasteiger partial charge on any atom is -0.372 e. The van der Waals surface area contributed by atoms with Crippen LogP contribution in [-0.4, -0.2) is 28.2 Å². The van der Waals surface area contributed by atoms with E-state index in [1.807, 2.05) is 43.3 Å². The molecular formula is C22H24N2OS2. The molecule has 140 valence electrons. The Kier molecular flexibility index (Phi) is 6.34. The molecule has 0 saturated carbocycles. The van der Waals surface area contributed by atoms with Crippen LogP contribution in [0.2, 0.25) is 0 Å². The van der Waals surface area contributed by atoms with Crippen molar-refractivity contribution in [1.82, 2.24) is 4.90 Å². The summed E-state index contributed by atoms with van der Waals surface area (Å²) >= 11 is 6.87. The lowest BCUT2D eigenvalue weighted by Crippen LogP contribution is -2.30. The zero-order valence-electron chi connectivity index (χ0n) is 15.9. The zero-order chi connectivity index (χ0) is 19.4. The normalized spacial score (nSPS) is 16.9. The fourth-order valence-corrected chi connectivity index (χ4v) is 4.63. The summed E-state index contributed by atoms with van der Waals surface area (Å²) in [5, 5.41) is 0. The minimum absolute atomic E-state index is 0.0193. The van der Waals surface area contributed by atoms with Crippen molar-refractivity contribution in [2.24, 2.45) is 0 Å². The first kappa shape index (κ1) is 19.6. The van der Waals surface area contributed by atoms with Gasteiger partial charge in [-0.15, -0.1) is 0 Å². The Bertz CT molecular complexity index is 842. The lowest BCUT2D eigenvalue weighted by molar-refractivity contribution is -0.123. The molecule has 0 aromatic heterocycles. The predicted octanol–water partition coefficient (Wildman–Crippen LogP) is 5.50. The van der Waals surface area contributed by atoms with Gasteiger partial charge in [-0.1, -0.05) is 66.4 Å². The summed E-state index contributed by atoms with van der Waals surface area (Å²) in [6.45, 7) is 8.27. The summed E-state index contributed by atoms with van der Waals surface area (Å²) in [6.07, 6.45) is 1.93. The Morgan fingerprint density at radius 3 is 2.30 bits per heavy atom. The van der Waals surface area contributed by atoms with Crippen LogP contribution >= 0.6 is 24.0 Å².